The number of ether oxygens (including phenoxy) is 3. The van der Waals surface area contributed by atoms with Crippen LogP contribution >= 0.6 is 0 Å². The molecule has 0 saturated heterocycles. The maximum Gasteiger partial charge on any atom is 0.341 e. The zero-order valence-electron chi connectivity index (χ0n) is 18.1. The van der Waals surface area contributed by atoms with Crippen LogP contribution < -0.4 is 15.4 Å². The molecule has 0 heterocycles. The van der Waals surface area contributed by atoms with Gasteiger partial charge in [-0.25, -0.2) is 4.79 Å². The van der Waals surface area contributed by atoms with Gasteiger partial charge < -0.3 is 24.8 Å². The van der Waals surface area contributed by atoms with Crippen molar-refractivity contribution in [2.45, 2.75) is 20.1 Å². The van der Waals surface area contributed by atoms with Crippen molar-refractivity contribution in [1.82, 2.24) is 10.6 Å². The fourth-order valence-corrected chi connectivity index (χ4v) is 2.82. The Balaban J connectivity index is 1.78. The number of carbonyl (C=O) groups excluding carboxylic acids is 1. The number of benzene rings is 2. The summed E-state index contributed by atoms with van der Waals surface area (Å²) in [5, 5.41) is 6.55. The van der Waals surface area contributed by atoms with Gasteiger partial charge in [0, 0.05) is 20.1 Å². The minimum atomic E-state index is -0.430. The molecule has 2 N–H and O–H groups in total. The second kappa shape index (κ2) is 12.5. The smallest absolute Gasteiger partial charge is 0.341 e. The molecule has 0 spiro atoms. The highest BCUT2D eigenvalue weighted by Gasteiger charge is 2.13. The fraction of sp³-hybridized carbons (Fsp3) is 0.391. The first-order valence-corrected chi connectivity index (χ1v) is 9.88. The fourth-order valence-electron chi connectivity index (χ4n) is 2.82. The molecular weight excluding hydrogens is 382 g/mol. The second-order valence-electron chi connectivity index (χ2n) is 6.94. The van der Waals surface area contributed by atoms with Gasteiger partial charge >= 0.3 is 5.97 Å². The van der Waals surface area contributed by atoms with Crippen LogP contribution in [0.4, 0.5) is 0 Å². The number of methoxy groups -OCH3 is 2. The van der Waals surface area contributed by atoms with Crippen molar-refractivity contribution < 1.29 is 19.0 Å². The number of aliphatic imine (C=N–C) groups is 1. The number of nitrogens with one attached hydrogen (secondary N) is 2. The molecule has 0 aliphatic carbocycles. The van der Waals surface area contributed by atoms with Crippen LogP contribution in [0.5, 0.6) is 5.75 Å². The van der Waals surface area contributed by atoms with E-state index in [9.17, 15) is 4.79 Å². The van der Waals surface area contributed by atoms with Crippen molar-refractivity contribution in [1.29, 1.82) is 0 Å². The summed E-state index contributed by atoms with van der Waals surface area (Å²) >= 11 is 0. The average Bonchev–Trinajstić information content (AvgIpc) is 2.79. The van der Waals surface area contributed by atoms with Crippen molar-refractivity contribution in [3.05, 3.63) is 65.2 Å². The Morgan fingerprint density at radius 1 is 1.07 bits per heavy atom. The van der Waals surface area contributed by atoms with E-state index in [1.807, 2.05) is 24.3 Å². The molecule has 162 valence electrons. The Morgan fingerprint density at radius 3 is 2.50 bits per heavy atom. The number of carbonyl (C=O) groups is 1. The Labute approximate surface area is 178 Å². The van der Waals surface area contributed by atoms with E-state index >= 15 is 0 Å². The molecule has 7 nitrogen and oxygen atoms in total. The first-order valence-electron chi connectivity index (χ1n) is 9.88. The molecule has 0 saturated carbocycles. The number of esters is 1. The predicted octanol–water partition coefficient (Wildman–Crippen LogP) is 3.00. The SMILES string of the molecule is CN=C(NCc1ccc(OC)c(C(=O)OC)c1)NCC(C)COCc1ccccc1. The summed E-state index contributed by atoms with van der Waals surface area (Å²) < 4.78 is 15.8. The Hall–Kier alpha value is -3.06. The third kappa shape index (κ3) is 7.40. The molecule has 0 aliphatic rings. The van der Waals surface area contributed by atoms with Gasteiger partial charge in [-0.15, -0.1) is 0 Å². The van der Waals surface area contributed by atoms with Gasteiger partial charge in [0.1, 0.15) is 11.3 Å². The van der Waals surface area contributed by atoms with Crippen LogP contribution in [0, 0.1) is 5.92 Å². The third-order valence-corrected chi connectivity index (χ3v) is 4.48. The Kier molecular flexibility index (Phi) is 9.67. The van der Waals surface area contributed by atoms with Crippen LogP contribution in [-0.2, 0) is 22.6 Å². The molecule has 1 unspecified atom stereocenters. The number of guanidine groups is 1. The lowest BCUT2D eigenvalue weighted by Crippen LogP contribution is -2.39. The molecule has 2 rings (SSSR count). The minimum Gasteiger partial charge on any atom is -0.496 e. The Morgan fingerprint density at radius 2 is 1.83 bits per heavy atom. The number of hydrogen-bond acceptors (Lipinski definition) is 5. The molecule has 0 aliphatic heterocycles. The normalized spacial score (nSPS) is 12.2. The van der Waals surface area contributed by atoms with Gasteiger partial charge in [0.15, 0.2) is 5.96 Å². The maximum absolute atomic E-state index is 11.9. The number of nitrogens with zero attached hydrogens (tertiary/aromatic N) is 1. The first-order chi connectivity index (χ1) is 14.6. The molecule has 0 amide bonds. The third-order valence-electron chi connectivity index (χ3n) is 4.48. The number of hydrogen-bond donors (Lipinski definition) is 2. The van der Waals surface area contributed by atoms with Crippen LogP contribution in [0.25, 0.3) is 0 Å². The summed E-state index contributed by atoms with van der Waals surface area (Å²) in [6.45, 7) is 4.62. The van der Waals surface area contributed by atoms with E-state index in [0.717, 1.165) is 12.1 Å². The summed E-state index contributed by atoms with van der Waals surface area (Å²) in [5.74, 6) is 1.05. The van der Waals surface area contributed by atoms with E-state index in [1.54, 1.807) is 19.2 Å². The van der Waals surface area contributed by atoms with Crippen molar-refractivity contribution in [2.24, 2.45) is 10.9 Å². The lowest BCUT2D eigenvalue weighted by molar-refractivity contribution is 0.0597. The van der Waals surface area contributed by atoms with Crippen molar-refractivity contribution >= 4 is 11.9 Å². The topological polar surface area (TPSA) is 81.2 Å². The van der Waals surface area contributed by atoms with Gasteiger partial charge in [-0.1, -0.05) is 43.3 Å². The summed E-state index contributed by atoms with van der Waals surface area (Å²) in [6.07, 6.45) is 0. The highest BCUT2D eigenvalue weighted by molar-refractivity contribution is 5.92. The summed E-state index contributed by atoms with van der Waals surface area (Å²) in [5.41, 5.74) is 2.48. The van der Waals surface area contributed by atoms with Crippen molar-refractivity contribution in [3.8, 4) is 5.75 Å². The van der Waals surface area contributed by atoms with Crippen molar-refractivity contribution in [3.63, 3.8) is 0 Å². The number of rotatable bonds is 10. The lowest BCUT2D eigenvalue weighted by Gasteiger charge is -2.17. The van der Waals surface area contributed by atoms with Gasteiger partial charge in [0.25, 0.3) is 0 Å². The Bertz CT molecular complexity index is 824. The van der Waals surface area contributed by atoms with E-state index in [1.165, 1.54) is 19.8 Å². The molecule has 7 heteroatoms. The van der Waals surface area contributed by atoms with Crippen LogP contribution in [0.2, 0.25) is 0 Å². The standard InChI is InChI=1S/C23H31N3O4/c1-17(15-30-16-18-8-6-5-7-9-18)13-25-23(24-2)26-14-19-10-11-21(28-3)20(12-19)22(27)29-4/h5-12,17H,13-16H2,1-4H3,(H2,24,25,26). The monoisotopic (exact) mass is 413 g/mol. The van der Waals surface area contributed by atoms with Gasteiger partial charge in [-0.05, 0) is 29.2 Å². The quantitative estimate of drug-likeness (QED) is 0.354. The molecular formula is C23H31N3O4. The van der Waals surface area contributed by atoms with Crippen LogP contribution in [0.1, 0.15) is 28.4 Å². The lowest BCUT2D eigenvalue weighted by atomic mass is 10.1. The van der Waals surface area contributed by atoms with E-state index < -0.39 is 5.97 Å². The van der Waals surface area contributed by atoms with Crippen LogP contribution in [0.15, 0.2) is 53.5 Å². The zero-order valence-corrected chi connectivity index (χ0v) is 18.1. The molecule has 0 radical (unpaired) electrons. The molecule has 0 fully saturated rings. The molecule has 0 aromatic heterocycles. The van der Waals surface area contributed by atoms with Gasteiger partial charge in [0.2, 0.25) is 0 Å². The van der Waals surface area contributed by atoms with Gasteiger partial charge in [-0.3, -0.25) is 4.99 Å². The highest BCUT2D eigenvalue weighted by Crippen LogP contribution is 2.20. The molecule has 2 aromatic carbocycles. The van der Waals surface area contributed by atoms with E-state index in [2.05, 4.69) is 34.7 Å². The van der Waals surface area contributed by atoms with Crippen LogP contribution in [0.3, 0.4) is 0 Å². The summed E-state index contributed by atoms with van der Waals surface area (Å²) in [7, 11) is 4.60. The van der Waals surface area contributed by atoms with Crippen molar-refractivity contribution in [2.75, 3.05) is 34.4 Å². The van der Waals surface area contributed by atoms with Crippen LogP contribution in [-0.4, -0.2) is 46.3 Å². The molecule has 0 bridgehead atoms. The van der Waals surface area contributed by atoms with Gasteiger partial charge in [0.05, 0.1) is 27.4 Å². The van der Waals surface area contributed by atoms with E-state index in [-0.39, 0.29) is 0 Å². The maximum atomic E-state index is 11.9. The second-order valence-corrected chi connectivity index (χ2v) is 6.94. The van der Waals surface area contributed by atoms with E-state index in [0.29, 0.717) is 42.9 Å². The summed E-state index contributed by atoms with van der Waals surface area (Å²) in [4.78, 5) is 16.2. The molecule has 2 aromatic rings. The minimum absolute atomic E-state index is 0.319. The predicted molar refractivity (Wildman–Crippen MR) is 118 cm³/mol. The van der Waals surface area contributed by atoms with E-state index in [4.69, 9.17) is 14.2 Å². The summed E-state index contributed by atoms with van der Waals surface area (Å²) in [6, 6.07) is 15.5. The average molecular weight is 414 g/mol. The largest absolute Gasteiger partial charge is 0.496 e. The first kappa shape index (κ1) is 23.2. The highest BCUT2D eigenvalue weighted by atomic mass is 16.5. The molecule has 30 heavy (non-hydrogen) atoms. The van der Waals surface area contributed by atoms with Gasteiger partial charge in [-0.2, -0.15) is 0 Å². The molecule has 1 atom stereocenters. The zero-order chi connectivity index (χ0) is 21.8.